The Morgan fingerprint density at radius 2 is 1.88 bits per heavy atom. The molecule has 1 aromatic carbocycles. The molecule has 0 spiro atoms. The minimum Gasteiger partial charge on any atom is -0.353 e. The van der Waals surface area contributed by atoms with Crippen molar-refractivity contribution in [2.45, 2.75) is 6.54 Å². The number of rotatable bonds is 3. The number of pyridine rings is 1. The maximum atomic E-state index is 12.7. The van der Waals surface area contributed by atoms with Crippen molar-refractivity contribution in [1.29, 1.82) is 0 Å². The molecule has 0 unspecified atom stereocenters. The second-order valence-electron chi connectivity index (χ2n) is 6.17. The molecular weight excluding hydrogens is 336 g/mol. The smallest absolute Gasteiger partial charge is 0.242 e. The summed E-state index contributed by atoms with van der Waals surface area (Å²) in [6, 6.07) is 13.6. The zero-order valence-electron chi connectivity index (χ0n) is 13.8. The van der Waals surface area contributed by atoms with Gasteiger partial charge in [-0.15, -0.1) is 0 Å². The third kappa shape index (κ3) is 3.20. The first kappa shape index (κ1) is 16.0. The van der Waals surface area contributed by atoms with Gasteiger partial charge in [-0.05, 0) is 30.3 Å². The molecule has 1 aliphatic heterocycles. The highest BCUT2D eigenvalue weighted by Gasteiger charge is 2.22. The number of hydrogen-bond donors (Lipinski definition) is 0. The molecule has 0 radical (unpaired) electrons. The number of benzene rings is 1. The summed E-state index contributed by atoms with van der Waals surface area (Å²) in [7, 11) is 0. The number of piperazine rings is 1. The van der Waals surface area contributed by atoms with E-state index in [0.717, 1.165) is 42.9 Å². The van der Waals surface area contributed by atoms with Crippen molar-refractivity contribution < 1.29 is 4.79 Å². The minimum absolute atomic E-state index is 0.137. The van der Waals surface area contributed by atoms with Crippen LogP contribution < -0.4 is 4.90 Å². The van der Waals surface area contributed by atoms with E-state index in [-0.39, 0.29) is 5.91 Å². The molecule has 128 valence electrons. The lowest BCUT2D eigenvalue weighted by atomic mass is 10.2. The Morgan fingerprint density at radius 1 is 1.04 bits per heavy atom. The van der Waals surface area contributed by atoms with Gasteiger partial charge in [0.05, 0.1) is 0 Å². The molecule has 0 saturated carbocycles. The number of anilines is 1. The fourth-order valence-electron chi connectivity index (χ4n) is 3.30. The molecule has 4 rings (SSSR count). The van der Waals surface area contributed by atoms with Gasteiger partial charge in [-0.1, -0.05) is 23.7 Å². The van der Waals surface area contributed by atoms with Gasteiger partial charge in [0.15, 0.2) is 0 Å². The molecule has 1 amide bonds. The van der Waals surface area contributed by atoms with Crippen molar-refractivity contribution in [3.63, 3.8) is 0 Å². The van der Waals surface area contributed by atoms with Gasteiger partial charge in [0.2, 0.25) is 5.91 Å². The van der Waals surface area contributed by atoms with Crippen LogP contribution >= 0.6 is 11.6 Å². The first-order valence-corrected chi connectivity index (χ1v) is 8.77. The molecule has 25 heavy (non-hydrogen) atoms. The van der Waals surface area contributed by atoms with E-state index in [0.29, 0.717) is 11.6 Å². The van der Waals surface area contributed by atoms with Crippen LogP contribution in [0.25, 0.3) is 10.9 Å². The van der Waals surface area contributed by atoms with E-state index >= 15 is 0 Å². The van der Waals surface area contributed by atoms with Gasteiger partial charge in [-0.2, -0.15) is 0 Å². The van der Waals surface area contributed by atoms with Crippen LogP contribution in [-0.2, 0) is 11.3 Å². The standard InChI is InChI=1S/C19H19ClN4O/c20-16-4-3-5-17-15(16)7-9-24(17)14-19(25)23-12-10-22(11-13-23)18-6-1-2-8-21-18/h1-9H,10-14H2. The second-order valence-corrected chi connectivity index (χ2v) is 6.58. The normalized spacial score (nSPS) is 14.9. The lowest BCUT2D eigenvalue weighted by molar-refractivity contribution is -0.132. The van der Waals surface area contributed by atoms with Crippen molar-refractivity contribution in [1.82, 2.24) is 14.5 Å². The van der Waals surface area contributed by atoms with Gasteiger partial charge >= 0.3 is 0 Å². The SMILES string of the molecule is O=C(Cn1ccc2c(Cl)cccc21)N1CCN(c2ccccn2)CC1. The Bertz CT molecular complexity index is 885. The number of carbonyl (C=O) groups is 1. The van der Waals surface area contributed by atoms with Crippen molar-refractivity contribution in [2.75, 3.05) is 31.1 Å². The zero-order chi connectivity index (χ0) is 17.2. The van der Waals surface area contributed by atoms with E-state index in [2.05, 4.69) is 9.88 Å². The van der Waals surface area contributed by atoms with Gasteiger partial charge in [-0.3, -0.25) is 4.79 Å². The minimum atomic E-state index is 0.137. The molecular formula is C19H19ClN4O. The summed E-state index contributed by atoms with van der Waals surface area (Å²) in [5.41, 5.74) is 0.993. The number of carbonyl (C=O) groups excluding carboxylic acids is 1. The average Bonchev–Trinajstić information content (AvgIpc) is 3.07. The summed E-state index contributed by atoms with van der Waals surface area (Å²) in [6.07, 6.45) is 3.73. The van der Waals surface area contributed by atoms with Crippen LogP contribution in [0.2, 0.25) is 5.02 Å². The third-order valence-corrected chi connectivity index (χ3v) is 5.00. The molecule has 3 heterocycles. The average molecular weight is 355 g/mol. The van der Waals surface area contributed by atoms with Gasteiger partial charge in [0, 0.05) is 54.5 Å². The highest BCUT2D eigenvalue weighted by atomic mass is 35.5. The number of amides is 1. The maximum Gasteiger partial charge on any atom is 0.242 e. The summed E-state index contributed by atoms with van der Waals surface area (Å²) in [6.45, 7) is 3.39. The number of aromatic nitrogens is 2. The van der Waals surface area contributed by atoms with E-state index < -0.39 is 0 Å². The van der Waals surface area contributed by atoms with Crippen molar-refractivity contribution in [3.05, 3.63) is 59.9 Å². The molecule has 6 heteroatoms. The topological polar surface area (TPSA) is 41.4 Å². The summed E-state index contributed by atoms with van der Waals surface area (Å²) in [5, 5.41) is 1.70. The summed E-state index contributed by atoms with van der Waals surface area (Å²) < 4.78 is 1.97. The molecule has 0 bridgehead atoms. The molecule has 0 atom stereocenters. The van der Waals surface area contributed by atoms with Crippen LogP contribution in [0.4, 0.5) is 5.82 Å². The van der Waals surface area contributed by atoms with E-state index in [1.807, 2.05) is 58.1 Å². The van der Waals surface area contributed by atoms with E-state index in [4.69, 9.17) is 11.6 Å². The van der Waals surface area contributed by atoms with Crippen LogP contribution in [0, 0.1) is 0 Å². The molecule has 1 saturated heterocycles. The van der Waals surface area contributed by atoms with E-state index in [1.165, 1.54) is 0 Å². The third-order valence-electron chi connectivity index (χ3n) is 4.67. The maximum absolute atomic E-state index is 12.7. The van der Waals surface area contributed by atoms with Crippen LogP contribution in [0.3, 0.4) is 0 Å². The Labute approximate surface area is 151 Å². The van der Waals surface area contributed by atoms with Gasteiger partial charge < -0.3 is 14.4 Å². The predicted octanol–water partition coefficient (Wildman–Crippen LogP) is 3.04. The lowest BCUT2D eigenvalue weighted by Crippen LogP contribution is -2.49. The Morgan fingerprint density at radius 3 is 2.64 bits per heavy atom. The second kappa shape index (κ2) is 6.76. The highest BCUT2D eigenvalue weighted by molar-refractivity contribution is 6.35. The van der Waals surface area contributed by atoms with E-state index in [1.54, 1.807) is 6.20 Å². The van der Waals surface area contributed by atoms with Crippen LogP contribution in [0.5, 0.6) is 0 Å². The predicted molar refractivity (Wildman–Crippen MR) is 100.0 cm³/mol. The van der Waals surface area contributed by atoms with Gasteiger partial charge in [0.25, 0.3) is 0 Å². The largest absolute Gasteiger partial charge is 0.353 e. The van der Waals surface area contributed by atoms with Crippen molar-refractivity contribution in [2.24, 2.45) is 0 Å². The number of halogens is 1. The van der Waals surface area contributed by atoms with Gasteiger partial charge in [-0.25, -0.2) is 4.98 Å². The first-order chi connectivity index (χ1) is 12.2. The first-order valence-electron chi connectivity index (χ1n) is 8.39. The zero-order valence-corrected chi connectivity index (χ0v) is 14.6. The van der Waals surface area contributed by atoms with Crippen molar-refractivity contribution >= 4 is 34.2 Å². The highest BCUT2D eigenvalue weighted by Crippen LogP contribution is 2.24. The molecule has 5 nitrogen and oxygen atoms in total. The van der Waals surface area contributed by atoms with E-state index in [9.17, 15) is 4.79 Å². The number of fused-ring (bicyclic) bond motifs is 1. The molecule has 1 fully saturated rings. The monoisotopic (exact) mass is 354 g/mol. The molecule has 0 aliphatic carbocycles. The fourth-order valence-corrected chi connectivity index (χ4v) is 3.53. The number of hydrogen-bond acceptors (Lipinski definition) is 3. The molecule has 2 aromatic heterocycles. The number of nitrogens with zero attached hydrogens (tertiary/aromatic N) is 4. The lowest BCUT2D eigenvalue weighted by Gasteiger charge is -2.35. The quantitative estimate of drug-likeness (QED) is 0.726. The van der Waals surface area contributed by atoms with Crippen LogP contribution in [0.15, 0.2) is 54.9 Å². The molecule has 0 N–H and O–H groups in total. The Balaban J connectivity index is 1.41. The van der Waals surface area contributed by atoms with Crippen molar-refractivity contribution in [3.8, 4) is 0 Å². The Kier molecular flexibility index (Phi) is 4.32. The van der Waals surface area contributed by atoms with Gasteiger partial charge in [0.1, 0.15) is 12.4 Å². The fraction of sp³-hybridized carbons (Fsp3) is 0.263. The molecule has 1 aliphatic rings. The Hall–Kier alpha value is -2.53. The van der Waals surface area contributed by atoms with Crippen LogP contribution in [0.1, 0.15) is 0 Å². The summed E-state index contributed by atoms with van der Waals surface area (Å²) in [4.78, 5) is 21.2. The summed E-state index contributed by atoms with van der Waals surface area (Å²) >= 11 is 6.21. The summed E-state index contributed by atoms with van der Waals surface area (Å²) in [5.74, 6) is 1.11. The molecule has 3 aromatic rings. The van der Waals surface area contributed by atoms with Crippen LogP contribution in [-0.4, -0.2) is 46.5 Å².